The van der Waals surface area contributed by atoms with E-state index in [0.717, 1.165) is 34.5 Å². The van der Waals surface area contributed by atoms with Crippen LogP contribution in [0, 0.1) is 11.3 Å². The number of aromatic amines is 1. The van der Waals surface area contributed by atoms with Crippen molar-refractivity contribution >= 4 is 0 Å². The first kappa shape index (κ1) is 15.9. The Labute approximate surface area is 137 Å². The van der Waals surface area contributed by atoms with Crippen LogP contribution in [-0.2, 0) is 12.6 Å². The van der Waals surface area contributed by atoms with E-state index in [1.807, 2.05) is 30.3 Å². The van der Waals surface area contributed by atoms with E-state index in [9.17, 15) is 13.2 Å². The van der Waals surface area contributed by atoms with Gasteiger partial charge in [0, 0.05) is 11.8 Å². The molecule has 2 aromatic carbocycles. The first-order valence-corrected chi connectivity index (χ1v) is 7.31. The van der Waals surface area contributed by atoms with E-state index < -0.39 is 11.7 Å². The maximum absolute atomic E-state index is 12.7. The molecule has 0 aliphatic carbocycles. The molecule has 0 bridgehead atoms. The van der Waals surface area contributed by atoms with Crippen molar-refractivity contribution < 1.29 is 13.2 Å². The van der Waals surface area contributed by atoms with E-state index in [2.05, 4.69) is 11.1 Å². The predicted molar refractivity (Wildman–Crippen MR) is 86.0 cm³/mol. The van der Waals surface area contributed by atoms with E-state index in [1.165, 1.54) is 12.1 Å². The lowest BCUT2D eigenvalue weighted by Crippen LogP contribution is -2.04. The Bertz CT molecular complexity index is 870. The minimum atomic E-state index is -4.36. The van der Waals surface area contributed by atoms with Crippen molar-refractivity contribution in [3.63, 3.8) is 0 Å². The van der Waals surface area contributed by atoms with Gasteiger partial charge in [0.2, 0.25) is 0 Å². The van der Waals surface area contributed by atoms with Crippen molar-refractivity contribution in [1.29, 1.82) is 5.26 Å². The molecule has 3 rings (SSSR count). The Morgan fingerprint density at radius 2 is 1.58 bits per heavy atom. The van der Waals surface area contributed by atoms with Gasteiger partial charge in [-0.25, -0.2) is 0 Å². The monoisotopic (exact) mass is 326 g/mol. The number of hydrogen-bond donors (Lipinski definition) is 1. The molecular formula is C19H13F3N2. The van der Waals surface area contributed by atoms with Gasteiger partial charge in [0.1, 0.15) is 0 Å². The van der Waals surface area contributed by atoms with Crippen molar-refractivity contribution in [1.82, 2.24) is 4.98 Å². The maximum Gasteiger partial charge on any atom is 0.416 e. The van der Waals surface area contributed by atoms with Crippen LogP contribution >= 0.6 is 0 Å². The molecule has 1 heterocycles. The standard InChI is InChI=1S/C19H13F3N2/c20-19(21,22)15-8-6-13(7-9-15)17-12-24-18(16(17)10-11-23)14-4-2-1-3-5-14/h1-9,12,24H,10H2. The highest BCUT2D eigenvalue weighted by Crippen LogP contribution is 2.35. The van der Waals surface area contributed by atoms with Crippen LogP contribution in [0.4, 0.5) is 13.2 Å². The molecule has 0 saturated carbocycles. The zero-order valence-electron chi connectivity index (χ0n) is 12.6. The van der Waals surface area contributed by atoms with Crippen LogP contribution in [0.3, 0.4) is 0 Å². The summed E-state index contributed by atoms with van der Waals surface area (Å²) in [6.07, 6.45) is -2.46. The second-order valence-electron chi connectivity index (χ2n) is 5.33. The van der Waals surface area contributed by atoms with Gasteiger partial charge in [0.05, 0.1) is 23.7 Å². The van der Waals surface area contributed by atoms with Gasteiger partial charge < -0.3 is 4.98 Å². The average Bonchev–Trinajstić information content (AvgIpc) is 2.99. The largest absolute Gasteiger partial charge is 0.416 e. The summed E-state index contributed by atoms with van der Waals surface area (Å²) in [5.41, 5.74) is 3.22. The van der Waals surface area contributed by atoms with E-state index in [4.69, 9.17) is 5.26 Å². The lowest BCUT2D eigenvalue weighted by atomic mass is 9.97. The molecule has 2 nitrogen and oxygen atoms in total. The lowest BCUT2D eigenvalue weighted by molar-refractivity contribution is -0.137. The van der Waals surface area contributed by atoms with Gasteiger partial charge in [0.15, 0.2) is 0 Å². The van der Waals surface area contributed by atoms with Gasteiger partial charge in [-0.05, 0) is 28.8 Å². The Morgan fingerprint density at radius 1 is 0.917 bits per heavy atom. The van der Waals surface area contributed by atoms with Crippen molar-refractivity contribution in [2.24, 2.45) is 0 Å². The van der Waals surface area contributed by atoms with Gasteiger partial charge in [0.25, 0.3) is 0 Å². The minimum Gasteiger partial charge on any atom is -0.360 e. The lowest BCUT2D eigenvalue weighted by Gasteiger charge is -2.08. The first-order chi connectivity index (χ1) is 11.5. The van der Waals surface area contributed by atoms with Gasteiger partial charge in [-0.2, -0.15) is 18.4 Å². The number of H-pyrrole nitrogens is 1. The SMILES string of the molecule is N#CCc1c(-c2ccc(C(F)(F)F)cc2)c[nH]c1-c1ccccc1. The molecule has 1 N–H and O–H groups in total. The topological polar surface area (TPSA) is 39.6 Å². The summed E-state index contributed by atoms with van der Waals surface area (Å²) in [6.45, 7) is 0. The summed E-state index contributed by atoms with van der Waals surface area (Å²) < 4.78 is 38.1. The van der Waals surface area contributed by atoms with Crippen LogP contribution in [0.25, 0.3) is 22.4 Å². The van der Waals surface area contributed by atoms with Crippen molar-refractivity contribution in [3.8, 4) is 28.5 Å². The van der Waals surface area contributed by atoms with Gasteiger partial charge in [-0.1, -0.05) is 42.5 Å². The molecule has 0 aliphatic rings. The van der Waals surface area contributed by atoms with E-state index in [1.54, 1.807) is 6.20 Å². The van der Waals surface area contributed by atoms with Crippen molar-refractivity contribution in [3.05, 3.63) is 71.9 Å². The predicted octanol–water partition coefficient (Wildman–Crippen LogP) is 5.43. The summed E-state index contributed by atoms with van der Waals surface area (Å²) in [6, 6.07) is 16.6. The fourth-order valence-corrected chi connectivity index (χ4v) is 2.67. The molecule has 0 aliphatic heterocycles. The van der Waals surface area contributed by atoms with Crippen LogP contribution < -0.4 is 0 Å². The number of rotatable bonds is 3. The highest BCUT2D eigenvalue weighted by Gasteiger charge is 2.30. The summed E-state index contributed by atoms with van der Waals surface area (Å²) in [7, 11) is 0. The number of hydrogen-bond acceptors (Lipinski definition) is 1. The first-order valence-electron chi connectivity index (χ1n) is 7.31. The molecule has 0 spiro atoms. The number of aromatic nitrogens is 1. The van der Waals surface area contributed by atoms with E-state index in [-0.39, 0.29) is 6.42 Å². The highest BCUT2D eigenvalue weighted by atomic mass is 19.4. The molecule has 3 aromatic rings. The molecule has 5 heteroatoms. The van der Waals surface area contributed by atoms with Crippen LogP contribution in [0.5, 0.6) is 0 Å². The minimum absolute atomic E-state index is 0.171. The number of nitriles is 1. The second-order valence-corrected chi connectivity index (χ2v) is 5.33. The van der Waals surface area contributed by atoms with Gasteiger partial charge in [-0.3, -0.25) is 0 Å². The van der Waals surface area contributed by atoms with E-state index >= 15 is 0 Å². The van der Waals surface area contributed by atoms with E-state index in [0.29, 0.717) is 5.56 Å². The van der Waals surface area contributed by atoms with Crippen LogP contribution in [0.1, 0.15) is 11.1 Å². The highest BCUT2D eigenvalue weighted by molar-refractivity contribution is 5.77. The molecule has 0 atom stereocenters. The average molecular weight is 326 g/mol. The Hall–Kier alpha value is -3.00. The molecule has 0 unspecified atom stereocenters. The molecule has 120 valence electrons. The third-order valence-corrected chi connectivity index (χ3v) is 3.83. The Balaban J connectivity index is 2.06. The summed E-state index contributed by atoms with van der Waals surface area (Å²) in [5, 5.41) is 9.12. The molecule has 1 aromatic heterocycles. The number of nitrogens with one attached hydrogen (secondary N) is 1. The smallest absolute Gasteiger partial charge is 0.360 e. The zero-order chi connectivity index (χ0) is 17.2. The van der Waals surface area contributed by atoms with Gasteiger partial charge >= 0.3 is 6.18 Å². The van der Waals surface area contributed by atoms with Crippen LogP contribution in [-0.4, -0.2) is 4.98 Å². The van der Waals surface area contributed by atoms with Crippen LogP contribution in [0.15, 0.2) is 60.8 Å². The van der Waals surface area contributed by atoms with Gasteiger partial charge in [-0.15, -0.1) is 0 Å². The third-order valence-electron chi connectivity index (χ3n) is 3.83. The number of halogens is 3. The fourth-order valence-electron chi connectivity index (χ4n) is 2.67. The third kappa shape index (κ3) is 3.04. The Morgan fingerprint density at radius 3 is 2.17 bits per heavy atom. The summed E-state index contributed by atoms with van der Waals surface area (Å²) in [4.78, 5) is 3.15. The number of benzene rings is 2. The zero-order valence-corrected chi connectivity index (χ0v) is 12.6. The molecule has 0 amide bonds. The second kappa shape index (κ2) is 6.25. The molecule has 0 radical (unpaired) electrons. The molecule has 0 saturated heterocycles. The molecular weight excluding hydrogens is 313 g/mol. The normalized spacial score (nSPS) is 11.2. The number of nitrogens with zero attached hydrogens (tertiary/aromatic N) is 1. The summed E-state index contributed by atoms with van der Waals surface area (Å²) >= 11 is 0. The summed E-state index contributed by atoms with van der Waals surface area (Å²) in [5.74, 6) is 0. The number of alkyl halides is 3. The van der Waals surface area contributed by atoms with Crippen molar-refractivity contribution in [2.45, 2.75) is 12.6 Å². The fraction of sp³-hybridized carbons (Fsp3) is 0.105. The Kier molecular flexibility index (Phi) is 4.13. The molecule has 0 fully saturated rings. The molecule has 24 heavy (non-hydrogen) atoms. The maximum atomic E-state index is 12.7. The van der Waals surface area contributed by atoms with Crippen LogP contribution in [0.2, 0.25) is 0 Å². The van der Waals surface area contributed by atoms with Crippen molar-refractivity contribution in [2.75, 3.05) is 0 Å². The quantitative estimate of drug-likeness (QED) is 0.684.